The van der Waals surface area contributed by atoms with Crippen LogP contribution in [0.3, 0.4) is 0 Å². The normalized spacial score (nSPS) is 31.6. The van der Waals surface area contributed by atoms with Crippen LogP contribution in [0.1, 0.15) is 102 Å². The number of ketones is 1. The maximum atomic E-state index is 14.1. The van der Waals surface area contributed by atoms with Crippen molar-refractivity contribution in [1.82, 2.24) is 5.32 Å². The topological polar surface area (TPSA) is 162 Å². The first-order valence-electron chi connectivity index (χ1n) is 18.3. The van der Waals surface area contributed by atoms with Gasteiger partial charge in [0.05, 0.1) is 18.3 Å². The molecule has 7 N–H and O–H groups in total. The molecular weight excluding hydrogens is 632 g/mol. The Bertz CT molecular complexity index is 1590. The molecule has 50 heavy (non-hydrogen) atoms. The van der Waals surface area contributed by atoms with Crippen molar-refractivity contribution in [2.75, 3.05) is 13.2 Å². The van der Waals surface area contributed by atoms with E-state index in [0.29, 0.717) is 61.0 Å². The number of rotatable bonds is 13. The second-order valence-corrected chi connectivity index (χ2v) is 15.1. The number of benzene rings is 1. The molecule has 1 aromatic rings. The number of nitrogens with two attached hydrogens (primary N) is 1. The average molecular weight is 689 g/mol. The molecule has 1 spiro atoms. The molecule has 0 radical (unpaired) electrons. The van der Waals surface area contributed by atoms with E-state index in [2.05, 4.69) is 31.8 Å². The predicted octanol–water partition coefficient (Wildman–Crippen LogP) is 6.03. The largest absolute Gasteiger partial charge is 0.414 e. The highest BCUT2D eigenvalue weighted by atomic mass is 16.6. The number of carbonyl (C=O) groups is 2. The van der Waals surface area contributed by atoms with Gasteiger partial charge in [0, 0.05) is 35.5 Å². The number of nitrogens with one attached hydrogen (secondary N) is 1. The Morgan fingerprint density at radius 2 is 1.98 bits per heavy atom. The van der Waals surface area contributed by atoms with Gasteiger partial charge in [0.15, 0.2) is 5.78 Å². The minimum Gasteiger partial charge on any atom is -0.410 e. The van der Waals surface area contributed by atoms with Gasteiger partial charge in [0.2, 0.25) is 0 Å². The highest BCUT2D eigenvalue weighted by molar-refractivity contribution is 5.97. The average Bonchev–Trinajstić information content (AvgIpc) is 3.37. The number of aliphatic hydroxyl groups excluding tert-OH is 3. The van der Waals surface area contributed by atoms with Crippen LogP contribution in [0.15, 0.2) is 76.9 Å². The Balaban J connectivity index is 1.49. The Morgan fingerprint density at radius 1 is 1.20 bits per heavy atom. The molecule has 3 fully saturated rings. The van der Waals surface area contributed by atoms with Crippen LogP contribution < -0.4 is 15.8 Å². The molecule has 7 atom stereocenters. The molecule has 9 nitrogen and oxygen atoms in total. The number of hydrogen-bond donors (Lipinski definition) is 6. The van der Waals surface area contributed by atoms with E-state index in [1.807, 2.05) is 25.2 Å². The third kappa shape index (κ3) is 7.21. The molecule has 272 valence electrons. The van der Waals surface area contributed by atoms with Crippen molar-refractivity contribution in [3.63, 3.8) is 0 Å². The van der Waals surface area contributed by atoms with Crippen LogP contribution in [0.2, 0.25) is 0 Å². The van der Waals surface area contributed by atoms with E-state index < -0.39 is 29.4 Å². The lowest BCUT2D eigenvalue weighted by molar-refractivity contribution is -0.215. The molecule has 5 rings (SSSR count). The molecule has 1 aliphatic heterocycles. The zero-order valence-electron chi connectivity index (χ0n) is 29.9. The summed E-state index contributed by atoms with van der Waals surface area (Å²) in [4.78, 5) is 26.2. The summed E-state index contributed by atoms with van der Waals surface area (Å²) in [7, 11) is 0. The van der Waals surface area contributed by atoms with E-state index in [9.17, 15) is 30.0 Å². The molecule has 1 heterocycles. The molecular formula is C41H56N2O7. The minimum atomic E-state index is -1.15. The van der Waals surface area contributed by atoms with Crippen molar-refractivity contribution in [1.29, 1.82) is 0 Å². The highest BCUT2D eigenvalue weighted by Gasteiger charge is 2.70. The second kappa shape index (κ2) is 15.9. The van der Waals surface area contributed by atoms with Gasteiger partial charge in [0.25, 0.3) is 0 Å². The summed E-state index contributed by atoms with van der Waals surface area (Å²) in [6.45, 7) is 9.87. The van der Waals surface area contributed by atoms with Crippen molar-refractivity contribution in [2.45, 2.75) is 109 Å². The lowest BCUT2D eigenvalue weighted by atomic mass is 9.45. The smallest absolute Gasteiger partial charge is 0.410 e. The number of Topliss-reactive ketones (excluding diaryl/α,β-unsaturated/α-hetero) is 1. The minimum absolute atomic E-state index is 0.000461. The van der Waals surface area contributed by atoms with Crippen LogP contribution in [-0.4, -0.2) is 57.2 Å². The van der Waals surface area contributed by atoms with Crippen LogP contribution in [0.4, 0.5) is 4.79 Å². The lowest BCUT2D eigenvalue weighted by Crippen LogP contribution is -2.65. The monoisotopic (exact) mass is 688 g/mol. The summed E-state index contributed by atoms with van der Waals surface area (Å²) in [5.74, 6) is -0.564. The first-order valence-corrected chi connectivity index (χ1v) is 18.3. The third-order valence-electron chi connectivity index (χ3n) is 12.0. The summed E-state index contributed by atoms with van der Waals surface area (Å²) in [5, 5.41) is 48.3. The second-order valence-electron chi connectivity index (χ2n) is 15.1. The van der Waals surface area contributed by atoms with Gasteiger partial charge in [-0.1, -0.05) is 72.2 Å². The molecule has 1 amide bonds. The van der Waals surface area contributed by atoms with Crippen molar-refractivity contribution in [3.05, 3.63) is 88.1 Å². The zero-order chi connectivity index (χ0) is 36.2. The van der Waals surface area contributed by atoms with Crippen LogP contribution in [0.25, 0.3) is 0 Å². The molecule has 0 unspecified atom stereocenters. The molecule has 0 aromatic heterocycles. The third-order valence-corrected chi connectivity index (χ3v) is 12.0. The quantitative estimate of drug-likeness (QED) is 0.0832. The van der Waals surface area contributed by atoms with Gasteiger partial charge in [-0.05, 0) is 102 Å². The fraction of sp³-hybridized carbons (Fsp3) is 0.561. The number of allylic oxidation sites excluding steroid dienone is 8. The van der Waals surface area contributed by atoms with Gasteiger partial charge in [-0.25, -0.2) is 4.79 Å². The fourth-order valence-electron chi connectivity index (χ4n) is 9.70. The van der Waals surface area contributed by atoms with Gasteiger partial charge in [-0.3, -0.25) is 4.79 Å². The van der Waals surface area contributed by atoms with Crippen LogP contribution in [0.5, 0.6) is 5.75 Å². The molecule has 4 aliphatic rings. The van der Waals surface area contributed by atoms with E-state index in [4.69, 9.17) is 10.5 Å². The number of fused-ring (bicyclic) bond motifs is 1. The van der Waals surface area contributed by atoms with Crippen molar-refractivity contribution in [2.24, 2.45) is 28.9 Å². The summed E-state index contributed by atoms with van der Waals surface area (Å²) in [6, 6.07) is 5.32. The number of amides is 1. The van der Waals surface area contributed by atoms with Gasteiger partial charge in [-0.2, -0.15) is 0 Å². The first-order chi connectivity index (χ1) is 23.9. The maximum absolute atomic E-state index is 14.1. The van der Waals surface area contributed by atoms with Crippen LogP contribution >= 0.6 is 0 Å². The van der Waals surface area contributed by atoms with Gasteiger partial charge in [-0.15, -0.1) is 0 Å². The number of carbonyl (C=O) groups excluding carboxylic acids is 2. The Kier molecular flexibility index (Phi) is 12.1. The van der Waals surface area contributed by atoms with E-state index >= 15 is 0 Å². The van der Waals surface area contributed by atoms with Crippen molar-refractivity contribution >= 4 is 11.9 Å². The maximum Gasteiger partial charge on any atom is 0.414 e. The van der Waals surface area contributed by atoms with E-state index in [1.165, 1.54) is 5.57 Å². The van der Waals surface area contributed by atoms with E-state index in [0.717, 1.165) is 42.4 Å². The molecule has 9 heteroatoms. The Labute approximate surface area is 296 Å². The summed E-state index contributed by atoms with van der Waals surface area (Å²) in [6.07, 6.45) is 12.1. The number of ether oxygens (including phenoxy) is 1. The Morgan fingerprint density at radius 3 is 2.70 bits per heavy atom. The van der Waals surface area contributed by atoms with Gasteiger partial charge in [0.1, 0.15) is 11.9 Å². The summed E-state index contributed by atoms with van der Waals surface area (Å²) in [5.41, 5.74) is 9.66. The van der Waals surface area contributed by atoms with Crippen molar-refractivity contribution in [3.8, 4) is 5.75 Å². The lowest BCUT2D eigenvalue weighted by Gasteiger charge is -2.61. The van der Waals surface area contributed by atoms with Gasteiger partial charge < -0.3 is 36.2 Å². The zero-order valence-corrected chi connectivity index (χ0v) is 29.9. The Hall–Kier alpha value is -3.34. The standard InChI is InChI=1S/C41H56N2O7/c1-25(2)10-5-11-26(3)12-6-14-29(24-45)33-23-30-15-8-19-40(49)20-18-31(34(17-9-21-44)41(30,40)37(33)47)27(4)35(46)22-28-13-7-16-32-36(28)50-39(48)43-38(32)42/h6-7,10,12-14,16,30,33-34,37-38,44-45,47,49H,3,5,8-9,11,15,17-24,42H2,1-2,4H3,(H,43,48)/t30-,33-,34+,37+,38-,40-,41+/m0/s1. The molecule has 3 aliphatic carbocycles. The number of para-hydroxylation sites is 1. The SMILES string of the molecule is C=C(C=CC=C(CO)[C@@H]1C[C@@H]2CCC[C@]3(O)CCC(=C(C)C(=O)Cc4cccc5c4OC(=O)N[C@@H]5N)[C@@H](CCCO)[C@@]23[C@@H]1O)CCC=C(C)C. The number of aliphatic hydroxyl groups is 4. The predicted molar refractivity (Wildman–Crippen MR) is 194 cm³/mol. The highest BCUT2D eigenvalue weighted by Crippen LogP contribution is 2.69. The van der Waals surface area contributed by atoms with Crippen molar-refractivity contribution < 1.29 is 34.8 Å². The molecule has 0 bridgehead atoms. The first kappa shape index (κ1) is 37.9. The van der Waals surface area contributed by atoms with Crippen LogP contribution in [0, 0.1) is 23.2 Å². The van der Waals surface area contributed by atoms with Crippen LogP contribution in [-0.2, 0) is 11.2 Å². The fourth-order valence-corrected chi connectivity index (χ4v) is 9.70. The van der Waals surface area contributed by atoms with E-state index in [1.54, 1.807) is 18.2 Å². The van der Waals surface area contributed by atoms with E-state index in [-0.39, 0.29) is 43.2 Å². The summed E-state index contributed by atoms with van der Waals surface area (Å²) >= 11 is 0. The molecule has 3 saturated carbocycles. The molecule has 1 aromatic carbocycles. The summed E-state index contributed by atoms with van der Waals surface area (Å²) < 4.78 is 5.47. The number of hydrogen-bond acceptors (Lipinski definition) is 8. The van der Waals surface area contributed by atoms with Gasteiger partial charge >= 0.3 is 6.09 Å². The molecule has 0 saturated heterocycles.